The van der Waals surface area contributed by atoms with E-state index in [-0.39, 0.29) is 5.91 Å². The fourth-order valence-electron chi connectivity index (χ4n) is 2.18. The molecule has 0 saturated carbocycles. The lowest BCUT2D eigenvalue weighted by Crippen LogP contribution is -2.36. The lowest BCUT2D eigenvalue weighted by atomic mass is 10.1. The van der Waals surface area contributed by atoms with Crippen molar-refractivity contribution in [3.05, 3.63) is 23.6 Å². The van der Waals surface area contributed by atoms with Crippen LogP contribution in [0.5, 0.6) is 0 Å². The minimum atomic E-state index is -0.475. The third kappa shape index (κ3) is 2.78. The van der Waals surface area contributed by atoms with Gasteiger partial charge in [0.25, 0.3) is 5.91 Å². The van der Waals surface area contributed by atoms with E-state index in [2.05, 4.69) is 10.3 Å². The van der Waals surface area contributed by atoms with Crippen molar-refractivity contribution >= 4 is 11.7 Å². The SMILES string of the molecule is CCNc1ncc(F)cc1C(=O)N1CCCCC1. The molecule has 1 aliphatic heterocycles. The van der Waals surface area contributed by atoms with Gasteiger partial charge in [-0.25, -0.2) is 9.37 Å². The first-order chi connectivity index (χ1) is 8.72. The third-order valence-corrected chi connectivity index (χ3v) is 3.07. The molecule has 1 amide bonds. The largest absolute Gasteiger partial charge is 0.370 e. The summed E-state index contributed by atoms with van der Waals surface area (Å²) in [6.45, 7) is 4.07. The van der Waals surface area contributed by atoms with Crippen LogP contribution in [0.1, 0.15) is 36.5 Å². The zero-order chi connectivity index (χ0) is 13.0. The first-order valence-electron chi connectivity index (χ1n) is 6.41. The van der Waals surface area contributed by atoms with Gasteiger partial charge in [0.05, 0.1) is 11.8 Å². The van der Waals surface area contributed by atoms with E-state index in [1.165, 1.54) is 6.07 Å². The monoisotopic (exact) mass is 251 g/mol. The summed E-state index contributed by atoms with van der Waals surface area (Å²) in [6.07, 6.45) is 4.33. The molecule has 1 fully saturated rings. The van der Waals surface area contributed by atoms with Gasteiger partial charge in [-0.15, -0.1) is 0 Å². The van der Waals surface area contributed by atoms with E-state index in [1.807, 2.05) is 6.92 Å². The molecular weight excluding hydrogens is 233 g/mol. The zero-order valence-electron chi connectivity index (χ0n) is 10.6. The molecule has 0 unspecified atom stereocenters. The molecule has 0 bridgehead atoms. The topological polar surface area (TPSA) is 45.2 Å². The first-order valence-corrected chi connectivity index (χ1v) is 6.41. The molecule has 0 spiro atoms. The molecule has 18 heavy (non-hydrogen) atoms. The van der Waals surface area contributed by atoms with Gasteiger partial charge in [0, 0.05) is 19.6 Å². The standard InChI is InChI=1S/C13H18FN3O/c1-2-15-12-11(8-10(14)9-16-12)13(18)17-6-4-3-5-7-17/h8-9H,2-7H2,1H3,(H,15,16). The Morgan fingerprint density at radius 1 is 1.44 bits per heavy atom. The van der Waals surface area contributed by atoms with Crippen LogP contribution in [0, 0.1) is 5.82 Å². The Kier molecular flexibility index (Phi) is 4.12. The molecule has 0 aliphatic carbocycles. The molecule has 0 aromatic carbocycles. The van der Waals surface area contributed by atoms with Crippen molar-refractivity contribution in [2.75, 3.05) is 25.0 Å². The number of aromatic nitrogens is 1. The predicted octanol–water partition coefficient (Wildman–Crippen LogP) is 2.28. The van der Waals surface area contributed by atoms with Crippen LogP contribution < -0.4 is 5.32 Å². The predicted molar refractivity (Wildman–Crippen MR) is 68.1 cm³/mol. The third-order valence-electron chi connectivity index (χ3n) is 3.07. The van der Waals surface area contributed by atoms with Crippen molar-refractivity contribution < 1.29 is 9.18 Å². The first kappa shape index (κ1) is 12.8. The van der Waals surface area contributed by atoms with Gasteiger partial charge in [-0.05, 0) is 32.3 Å². The van der Waals surface area contributed by atoms with Crippen molar-refractivity contribution in [3.8, 4) is 0 Å². The average Bonchev–Trinajstić information content (AvgIpc) is 2.41. The van der Waals surface area contributed by atoms with Gasteiger partial charge in [-0.2, -0.15) is 0 Å². The lowest BCUT2D eigenvalue weighted by molar-refractivity contribution is 0.0724. The Balaban J connectivity index is 2.24. The van der Waals surface area contributed by atoms with Gasteiger partial charge in [-0.1, -0.05) is 0 Å². The molecule has 98 valence electrons. The number of rotatable bonds is 3. The maximum Gasteiger partial charge on any atom is 0.257 e. The number of likely N-dealkylation sites (tertiary alicyclic amines) is 1. The van der Waals surface area contributed by atoms with E-state index in [4.69, 9.17) is 0 Å². The number of piperidine rings is 1. The molecular formula is C13H18FN3O. The van der Waals surface area contributed by atoms with Crippen LogP contribution in [0.15, 0.2) is 12.3 Å². The van der Waals surface area contributed by atoms with Gasteiger partial charge in [0.15, 0.2) is 0 Å². The highest BCUT2D eigenvalue weighted by Gasteiger charge is 2.21. The highest BCUT2D eigenvalue weighted by molar-refractivity contribution is 5.98. The molecule has 1 saturated heterocycles. The number of hydrogen-bond donors (Lipinski definition) is 1. The number of amides is 1. The van der Waals surface area contributed by atoms with Crippen LogP contribution in [0.25, 0.3) is 0 Å². The molecule has 5 heteroatoms. The number of carbonyl (C=O) groups is 1. The van der Waals surface area contributed by atoms with Crippen LogP contribution in [-0.4, -0.2) is 35.4 Å². The van der Waals surface area contributed by atoms with Crippen LogP contribution in [-0.2, 0) is 0 Å². The summed E-state index contributed by atoms with van der Waals surface area (Å²) in [5.74, 6) is -0.135. The number of carbonyl (C=O) groups excluding carboxylic acids is 1. The summed E-state index contributed by atoms with van der Waals surface area (Å²) < 4.78 is 13.3. The summed E-state index contributed by atoms with van der Waals surface area (Å²) in [7, 11) is 0. The maximum atomic E-state index is 13.3. The number of hydrogen-bond acceptors (Lipinski definition) is 3. The van der Waals surface area contributed by atoms with Crippen molar-refractivity contribution in [3.63, 3.8) is 0 Å². The average molecular weight is 251 g/mol. The number of nitrogens with zero attached hydrogens (tertiary/aromatic N) is 2. The van der Waals surface area contributed by atoms with Gasteiger partial charge in [0.1, 0.15) is 11.6 Å². The van der Waals surface area contributed by atoms with Crippen molar-refractivity contribution in [2.45, 2.75) is 26.2 Å². The van der Waals surface area contributed by atoms with Crippen LogP contribution in [0.3, 0.4) is 0 Å². The summed E-state index contributed by atoms with van der Waals surface area (Å²) >= 11 is 0. The Morgan fingerprint density at radius 3 is 2.83 bits per heavy atom. The highest BCUT2D eigenvalue weighted by Crippen LogP contribution is 2.19. The second-order valence-electron chi connectivity index (χ2n) is 4.43. The Labute approximate surface area is 106 Å². The summed E-state index contributed by atoms with van der Waals surface area (Å²) in [4.78, 5) is 18.1. The lowest BCUT2D eigenvalue weighted by Gasteiger charge is -2.27. The molecule has 2 rings (SSSR count). The molecule has 0 atom stereocenters. The number of anilines is 1. The van der Waals surface area contributed by atoms with Crippen molar-refractivity contribution in [1.29, 1.82) is 0 Å². The van der Waals surface area contributed by atoms with Crippen LogP contribution in [0.4, 0.5) is 10.2 Å². The summed E-state index contributed by atoms with van der Waals surface area (Å²) in [5.41, 5.74) is 0.332. The van der Waals surface area contributed by atoms with Crippen LogP contribution >= 0.6 is 0 Å². The van der Waals surface area contributed by atoms with Gasteiger partial charge in [-0.3, -0.25) is 4.79 Å². The van der Waals surface area contributed by atoms with E-state index in [1.54, 1.807) is 4.90 Å². The zero-order valence-corrected chi connectivity index (χ0v) is 10.6. The van der Waals surface area contributed by atoms with Crippen molar-refractivity contribution in [2.24, 2.45) is 0 Å². The molecule has 2 heterocycles. The van der Waals surface area contributed by atoms with Crippen LogP contribution in [0.2, 0.25) is 0 Å². The van der Waals surface area contributed by atoms with E-state index >= 15 is 0 Å². The van der Waals surface area contributed by atoms with Gasteiger partial charge >= 0.3 is 0 Å². The number of halogens is 1. The van der Waals surface area contributed by atoms with Gasteiger partial charge in [0.2, 0.25) is 0 Å². The van der Waals surface area contributed by atoms with E-state index < -0.39 is 5.82 Å². The van der Waals surface area contributed by atoms with E-state index in [0.717, 1.165) is 38.5 Å². The highest BCUT2D eigenvalue weighted by atomic mass is 19.1. The quantitative estimate of drug-likeness (QED) is 0.896. The van der Waals surface area contributed by atoms with Gasteiger partial charge < -0.3 is 10.2 Å². The molecule has 1 aliphatic rings. The number of nitrogens with one attached hydrogen (secondary N) is 1. The molecule has 1 N–H and O–H groups in total. The Morgan fingerprint density at radius 2 is 2.17 bits per heavy atom. The fraction of sp³-hybridized carbons (Fsp3) is 0.538. The smallest absolute Gasteiger partial charge is 0.257 e. The fourth-order valence-corrected chi connectivity index (χ4v) is 2.18. The van der Waals surface area contributed by atoms with Crippen molar-refractivity contribution in [1.82, 2.24) is 9.88 Å². The van der Waals surface area contributed by atoms with E-state index in [9.17, 15) is 9.18 Å². The molecule has 4 nitrogen and oxygen atoms in total. The summed E-state index contributed by atoms with van der Waals surface area (Å²) in [5, 5.41) is 3.00. The molecule has 0 radical (unpaired) electrons. The molecule has 1 aromatic rings. The van der Waals surface area contributed by atoms with E-state index in [0.29, 0.717) is 17.9 Å². The Hall–Kier alpha value is -1.65. The second kappa shape index (κ2) is 5.80. The number of pyridine rings is 1. The maximum absolute atomic E-state index is 13.3. The normalized spacial score (nSPS) is 15.6. The minimum absolute atomic E-state index is 0.127. The second-order valence-corrected chi connectivity index (χ2v) is 4.43. The molecule has 1 aromatic heterocycles. The summed E-state index contributed by atoms with van der Waals surface area (Å²) in [6, 6.07) is 1.27. The minimum Gasteiger partial charge on any atom is -0.370 e. The Bertz CT molecular complexity index is 430.